The molecule has 0 heterocycles. The summed E-state index contributed by atoms with van der Waals surface area (Å²) < 4.78 is 5.17. The molecule has 0 aliphatic heterocycles. The van der Waals surface area contributed by atoms with Gasteiger partial charge in [-0.25, -0.2) is 9.79 Å². The van der Waals surface area contributed by atoms with Crippen molar-refractivity contribution in [1.29, 1.82) is 0 Å². The van der Waals surface area contributed by atoms with Crippen LogP contribution in [0.25, 0.3) is 0 Å². The van der Waals surface area contributed by atoms with Crippen LogP contribution >= 0.6 is 0 Å². The SMILES string of the molecule is COc1ccc(CCCN=C=O)cc1C. The first-order chi connectivity index (χ1) is 7.27. The fraction of sp³-hybridized carbons (Fsp3) is 0.417. The number of nitrogens with zero attached hydrogens (tertiary/aromatic N) is 1. The second-order valence-corrected chi connectivity index (χ2v) is 3.38. The van der Waals surface area contributed by atoms with E-state index in [0.29, 0.717) is 6.54 Å². The molecule has 1 aromatic rings. The zero-order valence-corrected chi connectivity index (χ0v) is 9.12. The quantitative estimate of drug-likeness (QED) is 0.420. The van der Waals surface area contributed by atoms with Crippen molar-refractivity contribution < 1.29 is 9.53 Å². The van der Waals surface area contributed by atoms with Crippen molar-refractivity contribution in [3.05, 3.63) is 29.3 Å². The fourth-order valence-electron chi connectivity index (χ4n) is 1.50. The maximum Gasteiger partial charge on any atom is 0.234 e. The van der Waals surface area contributed by atoms with E-state index >= 15 is 0 Å². The Kier molecular flexibility index (Phi) is 4.58. The Morgan fingerprint density at radius 3 is 2.87 bits per heavy atom. The lowest BCUT2D eigenvalue weighted by Crippen LogP contribution is -1.92. The molecule has 3 heteroatoms. The molecule has 0 spiro atoms. The van der Waals surface area contributed by atoms with Gasteiger partial charge in [-0.05, 0) is 37.0 Å². The first-order valence-corrected chi connectivity index (χ1v) is 4.95. The summed E-state index contributed by atoms with van der Waals surface area (Å²) in [6, 6.07) is 6.10. The number of carbonyl (C=O) groups excluding carboxylic acids is 1. The third-order valence-electron chi connectivity index (χ3n) is 2.26. The molecular formula is C12H15NO2. The van der Waals surface area contributed by atoms with Crippen LogP contribution in [0.5, 0.6) is 5.75 Å². The molecule has 0 N–H and O–H groups in total. The lowest BCUT2D eigenvalue weighted by atomic mass is 10.1. The summed E-state index contributed by atoms with van der Waals surface area (Å²) in [7, 11) is 1.67. The van der Waals surface area contributed by atoms with E-state index in [2.05, 4.69) is 11.1 Å². The maximum atomic E-state index is 9.85. The molecule has 15 heavy (non-hydrogen) atoms. The number of aryl methyl sites for hydroxylation is 2. The van der Waals surface area contributed by atoms with Gasteiger partial charge in [0.05, 0.1) is 13.7 Å². The van der Waals surface area contributed by atoms with Gasteiger partial charge in [0.15, 0.2) is 0 Å². The molecule has 0 saturated carbocycles. The molecule has 0 fully saturated rings. The van der Waals surface area contributed by atoms with Crippen molar-refractivity contribution in [2.45, 2.75) is 19.8 Å². The van der Waals surface area contributed by atoms with Crippen molar-refractivity contribution in [3.63, 3.8) is 0 Å². The van der Waals surface area contributed by atoms with E-state index < -0.39 is 0 Å². The van der Waals surface area contributed by atoms with Crippen LogP contribution in [0.2, 0.25) is 0 Å². The smallest absolute Gasteiger partial charge is 0.234 e. The van der Waals surface area contributed by atoms with Gasteiger partial charge in [0.1, 0.15) is 5.75 Å². The van der Waals surface area contributed by atoms with Gasteiger partial charge in [-0.3, -0.25) is 0 Å². The highest BCUT2D eigenvalue weighted by atomic mass is 16.5. The third-order valence-corrected chi connectivity index (χ3v) is 2.26. The summed E-state index contributed by atoms with van der Waals surface area (Å²) in [6.45, 7) is 2.57. The van der Waals surface area contributed by atoms with E-state index in [0.717, 1.165) is 24.2 Å². The second-order valence-electron chi connectivity index (χ2n) is 3.38. The van der Waals surface area contributed by atoms with Gasteiger partial charge in [-0.15, -0.1) is 0 Å². The minimum absolute atomic E-state index is 0.550. The monoisotopic (exact) mass is 205 g/mol. The zero-order valence-electron chi connectivity index (χ0n) is 9.12. The molecule has 0 aliphatic carbocycles. The summed E-state index contributed by atoms with van der Waals surface area (Å²) in [5, 5.41) is 0. The topological polar surface area (TPSA) is 38.7 Å². The molecule has 0 unspecified atom stereocenters. The Morgan fingerprint density at radius 1 is 1.47 bits per heavy atom. The maximum absolute atomic E-state index is 9.85. The molecule has 3 nitrogen and oxygen atoms in total. The van der Waals surface area contributed by atoms with Crippen molar-refractivity contribution in [3.8, 4) is 5.75 Å². The zero-order chi connectivity index (χ0) is 11.1. The standard InChI is InChI=1S/C12H15NO2/c1-10-8-11(4-3-7-13-9-14)5-6-12(10)15-2/h5-6,8H,3-4,7H2,1-2H3. The predicted octanol–water partition coefficient (Wildman–Crippen LogP) is 2.27. The van der Waals surface area contributed by atoms with E-state index in [1.165, 1.54) is 11.6 Å². The van der Waals surface area contributed by atoms with Crippen LogP contribution in [0.3, 0.4) is 0 Å². The molecule has 80 valence electrons. The van der Waals surface area contributed by atoms with Crippen LogP contribution in [0.15, 0.2) is 23.2 Å². The summed E-state index contributed by atoms with van der Waals surface area (Å²) in [5.74, 6) is 0.907. The predicted molar refractivity (Wildman–Crippen MR) is 59.0 cm³/mol. The van der Waals surface area contributed by atoms with Gasteiger partial charge in [0.25, 0.3) is 0 Å². The molecule has 0 bridgehead atoms. The van der Waals surface area contributed by atoms with E-state index in [1.54, 1.807) is 7.11 Å². The highest BCUT2D eigenvalue weighted by molar-refractivity contribution is 5.36. The van der Waals surface area contributed by atoms with Crippen molar-refractivity contribution in [2.75, 3.05) is 13.7 Å². The summed E-state index contributed by atoms with van der Waals surface area (Å²) in [6.07, 6.45) is 3.34. The van der Waals surface area contributed by atoms with E-state index in [9.17, 15) is 4.79 Å². The van der Waals surface area contributed by atoms with E-state index in [4.69, 9.17) is 4.74 Å². The van der Waals surface area contributed by atoms with Crippen LogP contribution in [0.4, 0.5) is 0 Å². The minimum Gasteiger partial charge on any atom is -0.496 e. The summed E-state index contributed by atoms with van der Waals surface area (Å²) in [5.41, 5.74) is 2.38. The van der Waals surface area contributed by atoms with Crippen LogP contribution in [-0.2, 0) is 11.2 Å². The van der Waals surface area contributed by atoms with E-state index in [1.807, 2.05) is 19.1 Å². The Balaban J connectivity index is 2.55. The number of benzene rings is 1. The van der Waals surface area contributed by atoms with Gasteiger partial charge in [-0.2, -0.15) is 0 Å². The molecule has 1 aromatic carbocycles. The average Bonchev–Trinajstić information content (AvgIpc) is 2.25. The first kappa shape index (κ1) is 11.5. The summed E-state index contributed by atoms with van der Waals surface area (Å²) >= 11 is 0. The number of methoxy groups -OCH3 is 1. The molecule has 0 radical (unpaired) electrons. The first-order valence-electron chi connectivity index (χ1n) is 4.95. The van der Waals surface area contributed by atoms with Crippen molar-refractivity contribution in [1.82, 2.24) is 0 Å². The van der Waals surface area contributed by atoms with Gasteiger partial charge in [0, 0.05) is 0 Å². The Labute approximate surface area is 89.8 Å². The van der Waals surface area contributed by atoms with Crippen molar-refractivity contribution >= 4 is 6.08 Å². The number of ether oxygens (including phenoxy) is 1. The average molecular weight is 205 g/mol. The third kappa shape index (κ3) is 3.56. The lowest BCUT2D eigenvalue weighted by Gasteiger charge is -2.06. The number of rotatable bonds is 5. The molecule has 0 aliphatic rings. The molecule has 0 amide bonds. The molecule has 0 atom stereocenters. The van der Waals surface area contributed by atoms with Gasteiger partial charge < -0.3 is 4.74 Å². The van der Waals surface area contributed by atoms with Crippen LogP contribution in [0.1, 0.15) is 17.5 Å². The van der Waals surface area contributed by atoms with Crippen LogP contribution in [-0.4, -0.2) is 19.7 Å². The fourth-order valence-corrected chi connectivity index (χ4v) is 1.50. The van der Waals surface area contributed by atoms with Crippen LogP contribution in [0, 0.1) is 6.92 Å². The molecule has 0 saturated heterocycles. The van der Waals surface area contributed by atoms with E-state index in [-0.39, 0.29) is 0 Å². The minimum atomic E-state index is 0.550. The Bertz CT molecular complexity index is 368. The lowest BCUT2D eigenvalue weighted by molar-refractivity contribution is 0.411. The highest BCUT2D eigenvalue weighted by Gasteiger charge is 1.99. The van der Waals surface area contributed by atoms with Crippen molar-refractivity contribution in [2.24, 2.45) is 4.99 Å². The summed E-state index contributed by atoms with van der Waals surface area (Å²) in [4.78, 5) is 13.4. The van der Waals surface area contributed by atoms with Gasteiger partial charge in [-0.1, -0.05) is 12.1 Å². The normalized spacial score (nSPS) is 9.47. The number of isocyanates is 1. The highest BCUT2D eigenvalue weighted by Crippen LogP contribution is 2.19. The second kappa shape index (κ2) is 5.99. The number of hydrogen-bond acceptors (Lipinski definition) is 3. The number of hydrogen-bond donors (Lipinski definition) is 0. The Morgan fingerprint density at radius 2 is 2.27 bits per heavy atom. The molecular weight excluding hydrogens is 190 g/mol. The van der Waals surface area contributed by atoms with Gasteiger partial charge >= 0.3 is 0 Å². The van der Waals surface area contributed by atoms with Gasteiger partial charge in [0.2, 0.25) is 6.08 Å². The largest absolute Gasteiger partial charge is 0.496 e. The molecule has 1 rings (SSSR count). The molecule has 0 aromatic heterocycles. The number of aliphatic imine (C=N–C) groups is 1. The van der Waals surface area contributed by atoms with Crippen LogP contribution < -0.4 is 4.74 Å². The Hall–Kier alpha value is -1.60.